The van der Waals surface area contributed by atoms with Crippen molar-refractivity contribution >= 4 is 39.9 Å². The summed E-state index contributed by atoms with van der Waals surface area (Å²) in [5.74, 6) is -1.54. The number of rotatable bonds is 5. The minimum atomic E-state index is -4.88. The van der Waals surface area contributed by atoms with Gasteiger partial charge in [-0.05, 0) is 35.9 Å². The number of nitrogens with zero attached hydrogens (tertiary/aromatic N) is 4. The topological polar surface area (TPSA) is 73.8 Å². The van der Waals surface area contributed by atoms with Crippen molar-refractivity contribution in [3.8, 4) is 11.4 Å². The van der Waals surface area contributed by atoms with Crippen molar-refractivity contribution in [3.63, 3.8) is 0 Å². The van der Waals surface area contributed by atoms with Crippen molar-refractivity contribution < 1.29 is 22.5 Å². The number of hydrogen-bond donors (Lipinski definition) is 0. The zero-order chi connectivity index (χ0) is 24.7. The van der Waals surface area contributed by atoms with Crippen molar-refractivity contribution in [3.05, 3.63) is 99.7 Å². The fraction of sp³-hybridized carbons (Fsp3) is 0.0833. The molecule has 0 atom stereocenters. The molecule has 0 aliphatic heterocycles. The van der Waals surface area contributed by atoms with Crippen molar-refractivity contribution in [1.82, 2.24) is 19.7 Å². The van der Waals surface area contributed by atoms with Crippen molar-refractivity contribution in [2.24, 2.45) is 0 Å². The molecule has 176 valence electrons. The Kier molecular flexibility index (Phi) is 5.82. The summed E-state index contributed by atoms with van der Waals surface area (Å²) in [5, 5.41) is 4.40. The van der Waals surface area contributed by atoms with E-state index in [2.05, 4.69) is 15.1 Å². The van der Waals surface area contributed by atoms with E-state index in [1.54, 1.807) is 30.3 Å². The lowest BCUT2D eigenvalue weighted by molar-refractivity contribution is -0.143. The molecule has 11 heteroatoms. The Labute approximate surface area is 205 Å². The van der Waals surface area contributed by atoms with E-state index in [9.17, 15) is 18.0 Å². The van der Waals surface area contributed by atoms with E-state index in [0.717, 1.165) is 4.57 Å². The summed E-state index contributed by atoms with van der Waals surface area (Å²) in [6.45, 7) is -0.245. The van der Waals surface area contributed by atoms with Gasteiger partial charge in [0.05, 0.1) is 5.56 Å². The third-order valence-electron chi connectivity index (χ3n) is 5.37. The highest BCUT2D eigenvalue weighted by Gasteiger charge is 2.42. The molecule has 0 radical (unpaired) electrons. The van der Waals surface area contributed by atoms with Gasteiger partial charge in [-0.2, -0.15) is 18.2 Å². The monoisotopic (exact) mass is 516 g/mol. The number of hydrogen-bond acceptors (Lipinski definition) is 5. The molecule has 0 unspecified atom stereocenters. The van der Waals surface area contributed by atoms with Crippen LogP contribution in [0.4, 0.5) is 13.2 Å². The SMILES string of the molecule is O=C(c1nc(-c2ccncc2)no1)c1c(C(F)(F)F)n(Cc2ccc(Cl)cc2Cl)c2ccccc12. The molecule has 0 aliphatic carbocycles. The Balaban J connectivity index is 1.68. The summed E-state index contributed by atoms with van der Waals surface area (Å²) >= 11 is 12.2. The average Bonchev–Trinajstić information content (AvgIpc) is 3.45. The summed E-state index contributed by atoms with van der Waals surface area (Å²) < 4.78 is 49.5. The molecule has 5 aromatic rings. The molecule has 3 aromatic heterocycles. The van der Waals surface area contributed by atoms with Crippen LogP contribution in [0.2, 0.25) is 10.0 Å². The molecule has 0 saturated carbocycles. The van der Waals surface area contributed by atoms with E-state index in [4.69, 9.17) is 27.7 Å². The van der Waals surface area contributed by atoms with Crippen molar-refractivity contribution in [2.45, 2.75) is 12.7 Å². The number of pyridine rings is 1. The minimum absolute atomic E-state index is 0.0565. The number of halogens is 5. The Morgan fingerprint density at radius 3 is 2.49 bits per heavy atom. The Morgan fingerprint density at radius 1 is 1.03 bits per heavy atom. The molecular weight excluding hydrogens is 504 g/mol. The zero-order valence-corrected chi connectivity index (χ0v) is 19.1. The maximum Gasteiger partial charge on any atom is 0.432 e. The van der Waals surface area contributed by atoms with E-state index in [1.165, 1.54) is 36.7 Å². The first-order valence-electron chi connectivity index (χ1n) is 10.1. The molecule has 6 nitrogen and oxygen atoms in total. The van der Waals surface area contributed by atoms with Gasteiger partial charge in [0.1, 0.15) is 5.69 Å². The number of fused-ring (bicyclic) bond motifs is 1. The highest BCUT2D eigenvalue weighted by atomic mass is 35.5. The lowest BCUT2D eigenvalue weighted by atomic mass is 10.1. The van der Waals surface area contributed by atoms with E-state index in [0.29, 0.717) is 16.1 Å². The third-order valence-corrected chi connectivity index (χ3v) is 5.96. The van der Waals surface area contributed by atoms with Crippen LogP contribution in [0.3, 0.4) is 0 Å². The first-order valence-corrected chi connectivity index (χ1v) is 10.9. The van der Waals surface area contributed by atoms with Crippen LogP contribution in [-0.4, -0.2) is 25.5 Å². The number of carbonyl (C=O) groups excluding carboxylic acids is 1. The van der Waals surface area contributed by atoms with Gasteiger partial charge in [0, 0.05) is 45.5 Å². The molecule has 0 spiro atoms. The Bertz CT molecular complexity index is 1560. The van der Waals surface area contributed by atoms with Crippen LogP contribution in [0.15, 0.2) is 71.5 Å². The fourth-order valence-electron chi connectivity index (χ4n) is 3.85. The molecule has 0 saturated heterocycles. The van der Waals surface area contributed by atoms with Crippen LogP contribution in [0.1, 0.15) is 27.5 Å². The molecule has 5 rings (SSSR count). The van der Waals surface area contributed by atoms with Crippen LogP contribution < -0.4 is 0 Å². The Hall–Kier alpha value is -3.69. The Morgan fingerprint density at radius 2 is 1.77 bits per heavy atom. The third kappa shape index (κ3) is 4.28. The quantitative estimate of drug-likeness (QED) is 0.243. The maximum absolute atomic E-state index is 14.5. The van der Waals surface area contributed by atoms with E-state index < -0.39 is 29.1 Å². The number of benzene rings is 2. The van der Waals surface area contributed by atoms with Crippen LogP contribution >= 0.6 is 23.2 Å². The summed E-state index contributed by atoms with van der Waals surface area (Å²) in [7, 11) is 0. The van der Waals surface area contributed by atoms with Gasteiger partial charge in [-0.3, -0.25) is 9.78 Å². The predicted octanol–water partition coefficient (Wildman–Crippen LogP) is 6.69. The highest BCUT2D eigenvalue weighted by molar-refractivity contribution is 6.35. The molecule has 3 heterocycles. The largest absolute Gasteiger partial charge is 0.432 e. The molecule has 0 bridgehead atoms. The number of aromatic nitrogens is 4. The van der Waals surface area contributed by atoms with Crippen LogP contribution in [0.25, 0.3) is 22.3 Å². The van der Waals surface area contributed by atoms with Gasteiger partial charge in [0.2, 0.25) is 5.82 Å². The summed E-state index contributed by atoms with van der Waals surface area (Å²) in [5.41, 5.74) is -0.623. The van der Waals surface area contributed by atoms with Crippen LogP contribution in [-0.2, 0) is 12.7 Å². The van der Waals surface area contributed by atoms with Crippen LogP contribution in [0.5, 0.6) is 0 Å². The first-order chi connectivity index (χ1) is 16.7. The van der Waals surface area contributed by atoms with Gasteiger partial charge in [-0.1, -0.05) is 52.6 Å². The fourth-order valence-corrected chi connectivity index (χ4v) is 4.32. The summed E-state index contributed by atoms with van der Waals surface area (Å²) in [6.07, 6.45) is -1.90. The molecule has 0 aliphatic rings. The predicted molar refractivity (Wildman–Crippen MR) is 123 cm³/mol. The van der Waals surface area contributed by atoms with Gasteiger partial charge < -0.3 is 9.09 Å². The lowest BCUT2D eigenvalue weighted by Crippen LogP contribution is -2.19. The van der Waals surface area contributed by atoms with Gasteiger partial charge in [0.25, 0.3) is 11.7 Å². The van der Waals surface area contributed by atoms with Gasteiger partial charge in [-0.25, -0.2) is 0 Å². The highest BCUT2D eigenvalue weighted by Crippen LogP contribution is 2.40. The van der Waals surface area contributed by atoms with Crippen molar-refractivity contribution in [2.75, 3.05) is 0 Å². The first kappa shape index (κ1) is 23.1. The number of ketones is 1. The second-order valence-corrected chi connectivity index (χ2v) is 8.39. The zero-order valence-electron chi connectivity index (χ0n) is 17.6. The summed E-state index contributed by atoms with van der Waals surface area (Å²) in [4.78, 5) is 21.3. The lowest BCUT2D eigenvalue weighted by Gasteiger charge is -2.15. The average molecular weight is 517 g/mol. The van der Waals surface area contributed by atoms with E-state index >= 15 is 0 Å². The molecule has 2 aromatic carbocycles. The maximum atomic E-state index is 14.5. The molecule has 0 fully saturated rings. The smallest absolute Gasteiger partial charge is 0.332 e. The van der Waals surface area contributed by atoms with Crippen molar-refractivity contribution in [1.29, 1.82) is 0 Å². The minimum Gasteiger partial charge on any atom is -0.332 e. The molecule has 0 amide bonds. The normalized spacial score (nSPS) is 11.8. The van der Waals surface area contributed by atoms with Gasteiger partial charge in [-0.15, -0.1) is 0 Å². The standard InChI is InChI=1S/C24H13Cl2F3N4O2/c25-15-6-5-14(17(26)11-15)12-33-18-4-2-1-3-16(18)19(21(33)24(27,28)29)20(34)23-31-22(32-35-23)13-7-9-30-10-8-13/h1-11H,12H2. The molecule has 0 N–H and O–H groups in total. The van der Waals surface area contributed by atoms with E-state index in [1.807, 2.05) is 0 Å². The molecule has 35 heavy (non-hydrogen) atoms. The second-order valence-electron chi connectivity index (χ2n) is 7.55. The van der Waals surface area contributed by atoms with Gasteiger partial charge in [0.15, 0.2) is 0 Å². The second kappa shape index (κ2) is 8.83. The van der Waals surface area contributed by atoms with Crippen LogP contribution in [0, 0.1) is 0 Å². The number of para-hydroxylation sites is 1. The number of carbonyl (C=O) groups is 1. The molecular formula is C24H13Cl2F3N4O2. The van der Waals surface area contributed by atoms with E-state index in [-0.39, 0.29) is 28.3 Å². The number of alkyl halides is 3. The van der Waals surface area contributed by atoms with Gasteiger partial charge >= 0.3 is 6.18 Å². The summed E-state index contributed by atoms with van der Waals surface area (Å²) in [6, 6.07) is 13.8.